The maximum atomic E-state index is 14.3. The molecule has 2 aliphatic carbocycles. The first-order valence-electron chi connectivity index (χ1n) is 18.0. The van der Waals surface area contributed by atoms with Gasteiger partial charge in [-0.15, -0.1) is 9.39 Å². The van der Waals surface area contributed by atoms with Crippen LogP contribution >= 0.6 is 9.39 Å². The largest absolute Gasteiger partial charge is 0.352 e. The molecule has 1 fully saturated rings. The lowest BCUT2D eigenvalue weighted by Gasteiger charge is -2.33. The third kappa shape index (κ3) is 11.1. The lowest BCUT2D eigenvalue weighted by molar-refractivity contribution is -0.123. The van der Waals surface area contributed by atoms with E-state index in [1.54, 1.807) is 0 Å². The minimum atomic E-state index is -1.67. The van der Waals surface area contributed by atoms with E-state index in [4.69, 9.17) is 0 Å². The van der Waals surface area contributed by atoms with Gasteiger partial charge in [-0.2, -0.15) is 0 Å². The Labute approximate surface area is 290 Å². The zero-order valence-electron chi connectivity index (χ0n) is 29.7. The quantitative estimate of drug-likeness (QED) is 0.142. The summed E-state index contributed by atoms with van der Waals surface area (Å²) in [7, 11) is -1.67. The van der Waals surface area contributed by atoms with Crippen LogP contribution in [-0.4, -0.2) is 67.1 Å². The molecule has 262 valence electrons. The van der Waals surface area contributed by atoms with Crippen LogP contribution in [0.15, 0.2) is 72.5 Å². The van der Waals surface area contributed by atoms with Crippen molar-refractivity contribution in [2.45, 2.75) is 109 Å². The number of carbonyl (C=O) groups excluding carboxylic acids is 2. The Morgan fingerprint density at radius 2 is 1.71 bits per heavy atom. The number of hydrogen-bond acceptors (Lipinski definition) is 5. The first-order valence-corrected chi connectivity index (χ1v) is 20.3. The van der Waals surface area contributed by atoms with E-state index in [-0.39, 0.29) is 36.0 Å². The van der Waals surface area contributed by atoms with Crippen molar-refractivity contribution in [1.82, 2.24) is 21.3 Å². The third-order valence-corrected chi connectivity index (χ3v) is 10.6. The van der Waals surface area contributed by atoms with E-state index >= 15 is 0 Å². The number of hydrogen-bond donors (Lipinski definition) is 4. The molecule has 0 spiro atoms. The van der Waals surface area contributed by atoms with Gasteiger partial charge in [0.1, 0.15) is 0 Å². The summed E-state index contributed by atoms with van der Waals surface area (Å²) in [4.78, 5) is 27.4. The van der Waals surface area contributed by atoms with Crippen LogP contribution in [0.2, 0.25) is 0 Å². The number of aryl methyl sites for hydroxylation is 1. The van der Waals surface area contributed by atoms with E-state index in [1.165, 1.54) is 19.3 Å². The normalized spacial score (nSPS) is 17.2. The molecule has 7 nitrogen and oxygen atoms in total. The molecule has 0 heterocycles. The first-order chi connectivity index (χ1) is 23.1. The van der Waals surface area contributed by atoms with Gasteiger partial charge in [0, 0.05) is 35.9 Å². The highest BCUT2D eigenvalue weighted by atomic mass is 32.2. The zero-order valence-corrected chi connectivity index (χ0v) is 30.5. The van der Waals surface area contributed by atoms with Crippen LogP contribution in [0.1, 0.15) is 93.6 Å². The fraction of sp³-hybridized carbons (Fsp3) is 0.500. The number of nitrogens with one attached hydrogen (secondary N) is 4. The van der Waals surface area contributed by atoms with Gasteiger partial charge in [-0.25, -0.2) is 0 Å². The molecule has 3 unspecified atom stereocenters. The highest BCUT2D eigenvalue weighted by Gasteiger charge is 2.27. The molecule has 0 saturated heterocycles. The van der Waals surface area contributed by atoms with E-state index in [0.717, 1.165) is 67.6 Å². The first kappa shape index (κ1) is 37.5. The molecule has 2 aliphatic rings. The summed E-state index contributed by atoms with van der Waals surface area (Å²) in [5, 5.41) is 13.9. The molecule has 0 bridgehead atoms. The van der Waals surface area contributed by atoms with Gasteiger partial charge in [0.05, 0.1) is 11.7 Å². The predicted octanol–water partition coefficient (Wildman–Crippen LogP) is 6.64. The smallest absolute Gasteiger partial charge is 0.251 e. The monoisotopic (exact) mass is 673 g/mol. The topological polar surface area (TPSA) is 85.5 Å². The lowest BCUT2D eigenvalue weighted by Crippen LogP contribution is -2.57. The minimum absolute atomic E-state index is 0.0427. The Kier molecular flexibility index (Phi) is 14.4. The Hall–Kier alpha value is -3.33. The van der Waals surface area contributed by atoms with Gasteiger partial charge in [-0.05, 0) is 100 Å². The molecule has 4 rings (SSSR count). The molecule has 3 atom stereocenters. The SMILES string of the molecule is C=S(=C)(C)N(C1=CCCC=C1)c1cc(CC)cc(C(=O)NC(Cc2ccccc2)C(CNC(C)C(=O)NC2CCCCC2)NCCC)c1. The standard InChI is InChI=1S/C40H59N5O2S/c1-7-24-41-38(29-42-30(3)39(46)43-34-20-14-10-15-21-34)37(27-32-18-12-9-13-19-32)44-40(47)33-25-31(8-2)26-36(28-33)45(48(4,5)6)35-22-16-11-17-23-35/h9,12-13,16,18-19,22-23,25-26,28,30,34,37-38,41-42H,4-5,7-8,10-11,14-15,17,20-21,24,27,29H2,1-3,6H3,(H,43,46)(H,44,47). The number of anilines is 1. The minimum Gasteiger partial charge on any atom is -0.352 e. The summed E-state index contributed by atoms with van der Waals surface area (Å²) >= 11 is 0. The van der Waals surface area contributed by atoms with Gasteiger partial charge in [-0.1, -0.05) is 87.3 Å². The second kappa shape index (κ2) is 18.4. The molecule has 0 aliphatic heterocycles. The Morgan fingerprint density at radius 3 is 2.35 bits per heavy atom. The molecule has 1 saturated carbocycles. The van der Waals surface area contributed by atoms with Crippen LogP contribution in [0.4, 0.5) is 5.69 Å². The molecule has 0 radical (unpaired) electrons. The molecule has 2 aromatic carbocycles. The van der Waals surface area contributed by atoms with Gasteiger partial charge in [0.2, 0.25) is 5.91 Å². The van der Waals surface area contributed by atoms with Crippen molar-refractivity contribution in [3.8, 4) is 0 Å². The number of benzene rings is 2. The van der Waals surface area contributed by atoms with E-state index in [9.17, 15) is 9.59 Å². The van der Waals surface area contributed by atoms with Gasteiger partial charge in [-0.3, -0.25) is 13.9 Å². The van der Waals surface area contributed by atoms with Crippen molar-refractivity contribution in [1.29, 1.82) is 0 Å². The van der Waals surface area contributed by atoms with Gasteiger partial charge in [0.15, 0.2) is 0 Å². The third-order valence-electron chi connectivity index (χ3n) is 9.28. The van der Waals surface area contributed by atoms with Crippen molar-refractivity contribution in [3.05, 3.63) is 89.1 Å². The summed E-state index contributed by atoms with van der Waals surface area (Å²) < 4.78 is 2.22. The predicted molar refractivity (Wildman–Crippen MR) is 208 cm³/mol. The van der Waals surface area contributed by atoms with Crippen LogP contribution < -0.4 is 25.6 Å². The Bertz CT molecular complexity index is 1510. The van der Waals surface area contributed by atoms with Crippen molar-refractivity contribution in [3.63, 3.8) is 0 Å². The molecule has 4 N–H and O–H groups in total. The number of amides is 2. The van der Waals surface area contributed by atoms with Crippen LogP contribution in [-0.2, 0) is 17.6 Å². The van der Waals surface area contributed by atoms with Gasteiger partial charge < -0.3 is 21.3 Å². The number of rotatable bonds is 17. The van der Waals surface area contributed by atoms with Gasteiger partial charge in [0.25, 0.3) is 5.91 Å². The summed E-state index contributed by atoms with van der Waals surface area (Å²) in [5.41, 5.74) is 4.89. The van der Waals surface area contributed by atoms with Gasteiger partial charge >= 0.3 is 0 Å². The second-order valence-corrected chi connectivity index (χ2v) is 16.5. The summed E-state index contributed by atoms with van der Waals surface area (Å²) in [6.45, 7) is 7.53. The zero-order chi connectivity index (χ0) is 34.5. The molecule has 48 heavy (non-hydrogen) atoms. The van der Waals surface area contributed by atoms with E-state index < -0.39 is 9.39 Å². The molecular formula is C40H59N5O2S. The lowest BCUT2D eigenvalue weighted by atomic mass is 9.95. The average molecular weight is 674 g/mol. The summed E-state index contributed by atoms with van der Waals surface area (Å²) in [6, 6.07) is 16.1. The van der Waals surface area contributed by atoms with Crippen molar-refractivity contribution in [2.24, 2.45) is 0 Å². The van der Waals surface area contributed by atoms with Crippen LogP contribution in [0, 0.1) is 0 Å². The van der Waals surface area contributed by atoms with Crippen molar-refractivity contribution < 1.29 is 9.59 Å². The fourth-order valence-corrected chi connectivity index (χ4v) is 7.86. The molecule has 2 aromatic rings. The van der Waals surface area contributed by atoms with Crippen LogP contribution in [0.3, 0.4) is 0 Å². The second-order valence-electron chi connectivity index (χ2n) is 13.7. The van der Waals surface area contributed by atoms with Crippen molar-refractivity contribution >= 4 is 38.6 Å². The van der Waals surface area contributed by atoms with E-state index in [1.807, 2.05) is 37.3 Å². The van der Waals surface area contributed by atoms with E-state index in [2.05, 4.69) is 93.8 Å². The molecule has 8 heteroatoms. The van der Waals surface area contributed by atoms with E-state index in [0.29, 0.717) is 18.5 Å². The fourth-order valence-electron chi connectivity index (χ4n) is 6.60. The average Bonchev–Trinajstić information content (AvgIpc) is 3.08. The maximum absolute atomic E-state index is 14.3. The highest BCUT2D eigenvalue weighted by Crippen LogP contribution is 2.37. The maximum Gasteiger partial charge on any atom is 0.251 e. The van der Waals surface area contributed by atoms with Crippen LogP contribution in [0.5, 0.6) is 0 Å². The Balaban J connectivity index is 1.59. The van der Waals surface area contributed by atoms with Crippen molar-refractivity contribution in [2.75, 3.05) is 23.7 Å². The summed E-state index contributed by atoms with van der Waals surface area (Å²) in [5.74, 6) is 8.84. The Morgan fingerprint density at radius 1 is 0.958 bits per heavy atom. The van der Waals surface area contributed by atoms with Crippen LogP contribution in [0.25, 0.3) is 0 Å². The number of carbonyl (C=O) groups is 2. The number of allylic oxidation sites excluding steroid dienone is 3. The number of nitrogens with zero attached hydrogens (tertiary/aromatic N) is 1. The summed E-state index contributed by atoms with van der Waals surface area (Å²) in [6.07, 6.45) is 18.8. The highest BCUT2D eigenvalue weighted by molar-refractivity contribution is 8.28. The molecule has 2 amide bonds. The molecule has 0 aromatic heterocycles. The molecular weight excluding hydrogens is 615 g/mol.